The zero-order valence-electron chi connectivity index (χ0n) is 21.6. The van der Waals surface area contributed by atoms with E-state index in [0.29, 0.717) is 16.6 Å². The maximum atomic E-state index is 13.6. The van der Waals surface area contributed by atoms with E-state index in [9.17, 15) is 29.7 Å². The van der Waals surface area contributed by atoms with E-state index in [4.69, 9.17) is 0 Å². The number of hydrogen-bond acceptors (Lipinski definition) is 5. The lowest BCUT2D eigenvalue weighted by Gasteiger charge is -2.22. The number of carboxylic acid groups (broad SMARTS) is 1. The van der Waals surface area contributed by atoms with Crippen molar-refractivity contribution in [3.8, 4) is 0 Å². The van der Waals surface area contributed by atoms with Crippen LogP contribution in [0.4, 0.5) is 0 Å². The fourth-order valence-electron chi connectivity index (χ4n) is 5.00. The van der Waals surface area contributed by atoms with Gasteiger partial charge in [-0.25, -0.2) is 4.79 Å². The van der Waals surface area contributed by atoms with E-state index < -0.39 is 30.6 Å². The van der Waals surface area contributed by atoms with Gasteiger partial charge >= 0.3 is 11.7 Å². The minimum atomic E-state index is -1.13. The molecule has 0 saturated carbocycles. The molecule has 9 heteroatoms. The highest BCUT2D eigenvalue weighted by Gasteiger charge is 2.24. The number of benzene rings is 4. The van der Waals surface area contributed by atoms with Crippen LogP contribution in [0.15, 0.2) is 95.8 Å². The molecule has 1 aromatic heterocycles. The van der Waals surface area contributed by atoms with Gasteiger partial charge in [-0.2, -0.15) is 0 Å². The Morgan fingerprint density at radius 1 is 0.850 bits per heavy atom. The van der Waals surface area contributed by atoms with Crippen LogP contribution in [-0.2, 0) is 17.9 Å². The summed E-state index contributed by atoms with van der Waals surface area (Å²) in [6.07, 6.45) is -1.39. The van der Waals surface area contributed by atoms with Gasteiger partial charge in [-0.15, -0.1) is 0 Å². The Balaban J connectivity index is 1.51. The number of imidazole rings is 1. The summed E-state index contributed by atoms with van der Waals surface area (Å²) in [6, 6.07) is 26.3. The number of fused-ring (bicyclic) bond motifs is 2. The van der Waals surface area contributed by atoms with Gasteiger partial charge in [0.1, 0.15) is 6.10 Å². The maximum absolute atomic E-state index is 13.6. The van der Waals surface area contributed by atoms with Crippen LogP contribution < -0.4 is 11.0 Å². The monoisotopic (exact) mass is 539 g/mol. The number of hydrogen-bond donors (Lipinski definition) is 4. The zero-order chi connectivity index (χ0) is 28.2. The van der Waals surface area contributed by atoms with Gasteiger partial charge < -0.3 is 20.6 Å². The van der Waals surface area contributed by atoms with Crippen LogP contribution in [0.25, 0.3) is 21.8 Å². The van der Waals surface area contributed by atoms with E-state index in [-0.39, 0.29) is 30.8 Å². The lowest BCUT2D eigenvalue weighted by molar-refractivity contribution is -0.137. The lowest BCUT2D eigenvalue weighted by Crippen LogP contribution is -2.42. The SMILES string of the molecule is O=C(O)CCn1c(=O)n(Cc2cccc3ccccc23)c2ccc(C(=O)NC(CO)[C@@H](O)c3ccccc3)cc21. The van der Waals surface area contributed by atoms with E-state index in [0.717, 1.165) is 16.3 Å². The summed E-state index contributed by atoms with van der Waals surface area (Å²) >= 11 is 0. The number of aliphatic hydroxyl groups is 2. The first-order valence-corrected chi connectivity index (χ1v) is 12.9. The second-order valence-electron chi connectivity index (χ2n) is 9.62. The third-order valence-electron chi connectivity index (χ3n) is 7.07. The van der Waals surface area contributed by atoms with Gasteiger partial charge in [0.25, 0.3) is 5.91 Å². The summed E-state index contributed by atoms with van der Waals surface area (Å²) in [4.78, 5) is 38.1. The quantitative estimate of drug-likeness (QED) is 0.215. The van der Waals surface area contributed by atoms with Crippen LogP contribution in [0.3, 0.4) is 0 Å². The topological polar surface area (TPSA) is 134 Å². The van der Waals surface area contributed by atoms with Crippen LogP contribution in [0.2, 0.25) is 0 Å². The minimum absolute atomic E-state index is 0.0652. The second-order valence-corrected chi connectivity index (χ2v) is 9.62. The molecule has 0 aliphatic rings. The number of nitrogens with one attached hydrogen (secondary N) is 1. The van der Waals surface area contributed by atoms with Gasteiger partial charge in [0.2, 0.25) is 0 Å². The Morgan fingerprint density at radius 3 is 2.33 bits per heavy atom. The van der Waals surface area contributed by atoms with Crippen molar-refractivity contribution in [1.82, 2.24) is 14.5 Å². The van der Waals surface area contributed by atoms with Gasteiger partial charge in [0.15, 0.2) is 0 Å². The van der Waals surface area contributed by atoms with Crippen molar-refractivity contribution in [2.75, 3.05) is 6.61 Å². The fourth-order valence-corrected chi connectivity index (χ4v) is 5.00. The average Bonchev–Trinajstić information content (AvgIpc) is 3.24. The molecule has 9 nitrogen and oxygen atoms in total. The minimum Gasteiger partial charge on any atom is -0.481 e. The Bertz CT molecular complexity index is 1740. The Hall–Kier alpha value is -4.73. The third-order valence-corrected chi connectivity index (χ3v) is 7.07. The van der Waals surface area contributed by atoms with Crippen molar-refractivity contribution in [2.24, 2.45) is 0 Å². The average molecular weight is 540 g/mol. The summed E-state index contributed by atoms with van der Waals surface area (Å²) in [7, 11) is 0. The normalized spacial score (nSPS) is 12.8. The first-order valence-electron chi connectivity index (χ1n) is 12.9. The molecule has 1 unspecified atom stereocenters. The molecule has 0 radical (unpaired) electrons. The molecular formula is C31H29N3O6. The molecule has 0 aliphatic heterocycles. The third kappa shape index (κ3) is 5.38. The molecule has 40 heavy (non-hydrogen) atoms. The number of aromatic nitrogens is 2. The van der Waals surface area contributed by atoms with Crippen molar-refractivity contribution in [2.45, 2.75) is 31.7 Å². The maximum Gasteiger partial charge on any atom is 0.329 e. The molecule has 0 bridgehead atoms. The molecule has 0 spiro atoms. The standard InChI is InChI=1S/C31H29N3O6/c35-19-25(29(38)21-8-2-1-3-9-21)32-30(39)22-13-14-26-27(17-22)33(16-15-28(36)37)31(40)34(26)18-23-11-6-10-20-7-4-5-12-24(20)23/h1-14,17,25,29,35,38H,15-16,18-19H2,(H,32,39)(H,36,37)/t25?,29-/m0/s1. The number of carbonyl (C=O) groups is 2. The van der Waals surface area contributed by atoms with Gasteiger partial charge in [0.05, 0.1) is 36.6 Å². The molecule has 1 amide bonds. The molecule has 2 atom stereocenters. The highest BCUT2D eigenvalue weighted by Crippen LogP contribution is 2.23. The Kier molecular flexibility index (Phi) is 7.77. The van der Waals surface area contributed by atoms with Crippen molar-refractivity contribution in [3.63, 3.8) is 0 Å². The van der Waals surface area contributed by atoms with Crippen LogP contribution in [0.5, 0.6) is 0 Å². The number of carbonyl (C=O) groups excluding carboxylic acids is 1. The van der Waals surface area contributed by atoms with E-state index in [2.05, 4.69) is 5.32 Å². The first kappa shape index (κ1) is 26.9. The van der Waals surface area contributed by atoms with Gasteiger partial charge in [-0.1, -0.05) is 72.8 Å². The smallest absolute Gasteiger partial charge is 0.329 e. The molecule has 0 aliphatic carbocycles. The number of rotatable bonds is 10. The predicted octanol–water partition coefficient (Wildman–Crippen LogP) is 3.30. The number of nitrogens with zero attached hydrogens (tertiary/aromatic N) is 2. The number of amides is 1. The van der Waals surface area contributed by atoms with Crippen molar-refractivity contribution >= 4 is 33.7 Å². The second kappa shape index (κ2) is 11.6. The van der Waals surface area contributed by atoms with Crippen LogP contribution in [0, 0.1) is 0 Å². The Morgan fingerprint density at radius 2 is 1.57 bits per heavy atom. The van der Waals surface area contributed by atoms with Gasteiger partial charge in [0, 0.05) is 12.1 Å². The predicted molar refractivity (Wildman–Crippen MR) is 151 cm³/mol. The molecular weight excluding hydrogens is 510 g/mol. The highest BCUT2D eigenvalue weighted by atomic mass is 16.4. The molecule has 4 N–H and O–H groups in total. The van der Waals surface area contributed by atoms with Crippen LogP contribution in [-0.4, -0.2) is 49.0 Å². The summed E-state index contributed by atoms with van der Waals surface area (Å²) in [5.74, 6) is -1.59. The van der Waals surface area contributed by atoms with Gasteiger partial charge in [-0.05, 0) is 40.1 Å². The molecule has 5 rings (SSSR count). The van der Waals surface area contributed by atoms with Crippen molar-refractivity contribution in [1.29, 1.82) is 0 Å². The molecule has 4 aromatic carbocycles. The fraction of sp³-hybridized carbons (Fsp3) is 0.194. The number of aliphatic carboxylic acids is 1. The molecule has 0 saturated heterocycles. The van der Waals surface area contributed by atoms with E-state index in [1.165, 1.54) is 10.6 Å². The highest BCUT2D eigenvalue weighted by molar-refractivity contribution is 5.97. The molecule has 204 valence electrons. The molecule has 0 fully saturated rings. The summed E-state index contributed by atoms with van der Waals surface area (Å²) in [6.45, 7) is -0.294. The van der Waals surface area contributed by atoms with E-state index in [1.807, 2.05) is 42.5 Å². The first-order chi connectivity index (χ1) is 19.4. The zero-order valence-corrected chi connectivity index (χ0v) is 21.6. The number of aliphatic hydroxyl groups excluding tert-OH is 2. The van der Waals surface area contributed by atoms with E-state index >= 15 is 0 Å². The number of aryl methyl sites for hydroxylation is 1. The van der Waals surface area contributed by atoms with Gasteiger partial charge in [-0.3, -0.25) is 18.7 Å². The van der Waals surface area contributed by atoms with E-state index in [1.54, 1.807) is 47.0 Å². The number of carboxylic acids is 1. The largest absolute Gasteiger partial charge is 0.481 e. The summed E-state index contributed by atoms with van der Waals surface area (Å²) in [5, 5.41) is 34.6. The van der Waals surface area contributed by atoms with Crippen molar-refractivity contribution < 1.29 is 24.9 Å². The van der Waals surface area contributed by atoms with Crippen molar-refractivity contribution in [3.05, 3.63) is 118 Å². The molecule has 5 aromatic rings. The summed E-state index contributed by atoms with van der Waals surface area (Å²) < 4.78 is 2.95. The van der Waals surface area contributed by atoms with Crippen LogP contribution in [0.1, 0.15) is 34.0 Å². The Labute approximate surface area is 229 Å². The lowest BCUT2D eigenvalue weighted by atomic mass is 10.0. The van der Waals surface area contributed by atoms with Crippen LogP contribution >= 0.6 is 0 Å². The molecule has 1 heterocycles. The summed E-state index contributed by atoms with van der Waals surface area (Å²) in [5.41, 5.74) is 2.28.